The molecule has 0 aliphatic heterocycles. The molecule has 1 N–H and O–H groups in total. The van der Waals surface area contributed by atoms with Crippen molar-refractivity contribution in [1.29, 1.82) is 0 Å². The van der Waals surface area contributed by atoms with Crippen LogP contribution in [0.4, 0.5) is 5.00 Å². The van der Waals surface area contributed by atoms with Crippen molar-refractivity contribution >= 4 is 73.4 Å². The Morgan fingerprint density at radius 2 is 1.81 bits per heavy atom. The SMILES string of the molecule is CCOCCn1c(=NC(=O)CSCC(=O)Nc2sc3c(c2C(=O)OCC)CCC(C)C3)sc2cc(C(=O)OCC)ccc21. The van der Waals surface area contributed by atoms with Gasteiger partial charge in [0.05, 0.1) is 52.7 Å². The Labute approximate surface area is 262 Å². The highest BCUT2D eigenvalue weighted by Crippen LogP contribution is 2.40. The van der Waals surface area contributed by atoms with E-state index in [0.717, 1.165) is 51.7 Å². The minimum atomic E-state index is -0.415. The predicted octanol–water partition coefficient (Wildman–Crippen LogP) is 5.08. The summed E-state index contributed by atoms with van der Waals surface area (Å²) in [6.45, 7) is 9.64. The van der Waals surface area contributed by atoms with Crippen molar-refractivity contribution in [1.82, 2.24) is 4.57 Å². The molecule has 4 rings (SSSR count). The minimum absolute atomic E-state index is 0.00436. The first-order chi connectivity index (χ1) is 20.7. The first kappa shape index (κ1) is 32.9. The molecule has 0 saturated carbocycles. The predicted molar refractivity (Wildman–Crippen MR) is 170 cm³/mol. The van der Waals surface area contributed by atoms with Gasteiger partial charge in [-0.1, -0.05) is 18.3 Å². The molecule has 0 bridgehead atoms. The van der Waals surface area contributed by atoms with Crippen LogP contribution >= 0.6 is 34.4 Å². The number of ether oxygens (including phenoxy) is 3. The molecule has 0 spiro atoms. The van der Waals surface area contributed by atoms with Crippen molar-refractivity contribution in [2.45, 2.75) is 53.5 Å². The molecule has 43 heavy (non-hydrogen) atoms. The number of carbonyl (C=O) groups excluding carboxylic acids is 4. The molecule has 2 heterocycles. The zero-order valence-electron chi connectivity index (χ0n) is 24.9. The van der Waals surface area contributed by atoms with E-state index in [1.807, 2.05) is 17.6 Å². The summed E-state index contributed by atoms with van der Waals surface area (Å²) in [5.41, 5.74) is 2.71. The molecule has 1 aliphatic carbocycles. The average Bonchev–Trinajstić information content (AvgIpc) is 3.49. The van der Waals surface area contributed by atoms with E-state index >= 15 is 0 Å². The normalized spacial score (nSPS) is 14.9. The average molecular weight is 648 g/mol. The first-order valence-electron chi connectivity index (χ1n) is 14.4. The van der Waals surface area contributed by atoms with Crippen molar-refractivity contribution in [3.63, 3.8) is 0 Å². The number of thioether (sulfide) groups is 1. The molecule has 13 heteroatoms. The number of esters is 2. The van der Waals surface area contributed by atoms with Crippen molar-refractivity contribution in [3.8, 4) is 0 Å². The summed E-state index contributed by atoms with van der Waals surface area (Å²) in [7, 11) is 0. The van der Waals surface area contributed by atoms with Gasteiger partial charge in [-0.2, -0.15) is 4.99 Å². The van der Waals surface area contributed by atoms with Crippen LogP contribution in [0, 0.1) is 5.92 Å². The molecule has 0 radical (unpaired) electrons. The van der Waals surface area contributed by atoms with Gasteiger partial charge in [0.25, 0.3) is 5.91 Å². The van der Waals surface area contributed by atoms with Gasteiger partial charge >= 0.3 is 11.9 Å². The van der Waals surface area contributed by atoms with Crippen LogP contribution in [0.5, 0.6) is 0 Å². The van der Waals surface area contributed by atoms with E-state index in [-0.39, 0.29) is 36.5 Å². The summed E-state index contributed by atoms with van der Waals surface area (Å²) < 4.78 is 18.6. The van der Waals surface area contributed by atoms with E-state index in [0.29, 0.717) is 46.6 Å². The fraction of sp³-hybridized carbons (Fsp3) is 0.500. The number of thiophene rings is 1. The Morgan fingerprint density at radius 1 is 1.05 bits per heavy atom. The lowest BCUT2D eigenvalue weighted by molar-refractivity contribution is -0.115. The number of amides is 2. The van der Waals surface area contributed by atoms with Gasteiger partial charge in [-0.3, -0.25) is 9.59 Å². The minimum Gasteiger partial charge on any atom is -0.462 e. The van der Waals surface area contributed by atoms with E-state index in [4.69, 9.17) is 14.2 Å². The third kappa shape index (κ3) is 8.34. The molecule has 3 aromatic rings. The number of nitrogens with zero attached hydrogens (tertiary/aromatic N) is 2. The maximum atomic E-state index is 12.9. The molecule has 1 unspecified atom stereocenters. The van der Waals surface area contributed by atoms with Crippen molar-refractivity contribution in [2.24, 2.45) is 10.9 Å². The van der Waals surface area contributed by atoms with E-state index < -0.39 is 11.9 Å². The Balaban J connectivity index is 1.44. The summed E-state index contributed by atoms with van der Waals surface area (Å²) in [5, 5.41) is 3.40. The molecule has 2 amide bonds. The summed E-state index contributed by atoms with van der Waals surface area (Å²) in [6.07, 6.45) is 2.65. The Morgan fingerprint density at radius 3 is 2.56 bits per heavy atom. The zero-order valence-corrected chi connectivity index (χ0v) is 27.3. The lowest BCUT2D eigenvalue weighted by atomic mass is 9.88. The highest BCUT2D eigenvalue weighted by molar-refractivity contribution is 8.00. The number of anilines is 1. The van der Waals surface area contributed by atoms with Gasteiger partial charge in [-0.15, -0.1) is 23.1 Å². The van der Waals surface area contributed by atoms with E-state index in [9.17, 15) is 19.2 Å². The number of rotatable bonds is 13. The summed E-state index contributed by atoms with van der Waals surface area (Å²) in [6, 6.07) is 5.26. The molecule has 1 aliphatic rings. The standard InChI is InChI=1S/C30H37N3O7S3/c1-5-38-13-12-33-21-11-9-19(28(36)39-6-2)15-23(21)43-30(33)32-25(35)17-41-16-24(34)31-27-26(29(37)40-7-3)20-10-8-18(4)14-22(20)42-27/h9,11,15,18H,5-8,10,12-14,16-17H2,1-4H3,(H,31,34). The molecule has 232 valence electrons. The monoisotopic (exact) mass is 647 g/mol. The fourth-order valence-electron chi connectivity index (χ4n) is 4.81. The van der Waals surface area contributed by atoms with Crippen LogP contribution in [-0.2, 0) is 43.2 Å². The number of benzene rings is 1. The summed E-state index contributed by atoms with van der Waals surface area (Å²) in [5.74, 6) is -0.945. The Kier molecular flexibility index (Phi) is 12.0. The lowest BCUT2D eigenvalue weighted by Gasteiger charge is -2.18. The van der Waals surface area contributed by atoms with Gasteiger partial charge in [0.1, 0.15) is 5.00 Å². The van der Waals surface area contributed by atoms with E-state index in [2.05, 4.69) is 17.2 Å². The number of nitrogens with one attached hydrogen (secondary N) is 1. The number of thiazole rings is 1. The van der Waals surface area contributed by atoms with Crippen LogP contribution in [0.25, 0.3) is 10.2 Å². The number of aromatic nitrogens is 1. The number of fused-ring (bicyclic) bond motifs is 2. The topological polar surface area (TPSA) is 125 Å². The third-order valence-electron chi connectivity index (χ3n) is 6.78. The number of hydrogen-bond donors (Lipinski definition) is 1. The molecule has 1 aromatic carbocycles. The van der Waals surface area contributed by atoms with Crippen molar-refractivity contribution in [2.75, 3.05) is 43.3 Å². The smallest absolute Gasteiger partial charge is 0.341 e. The maximum Gasteiger partial charge on any atom is 0.341 e. The molecule has 1 atom stereocenters. The molecule has 2 aromatic heterocycles. The molecule has 0 fully saturated rings. The third-order valence-corrected chi connectivity index (χ3v) is 9.91. The van der Waals surface area contributed by atoms with Gasteiger partial charge in [0.15, 0.2) is 4.80 Å². The first-order valence-corrected chi connectivity index (χ1v) is 17.2. The van der Waals surface area contributed by atoms with Crippen LogP contribution in [0.15, 0.2) is 23.2 Å². The van der Waals surface area contributed by atoms with Gasteiger partial charge in [-0.05, 0) is 69.7 Å². The van der Waals surface area contributed by atoms with Gasteiger partial charge in [0.2, 0.25) is 5.91 Å². The number of hydrogen-bond acceptors (Lipinski definition) is 10. The summed E-state index contributed by atoms with van der Waals surface area (Å²) in [4.78, 5) is 56.6. The summed E-state index contributed by atoms with van der Waals surface area (Å²) >= 11 is 3.90. The highest BCUT2D eigenvalue weighted by atomic mass is 32.2. The molecular weight excluding hydrogens is 611 g/mol. The van der Waals surface area contributed by atoms with E-state index in [1.54, 1.807) is 26.0 Å². The lowest BCUT2D eigenvalue weighted by Crippen LogP contribution is -2.21. The second kappa shape index (κ2) is 15.6. The van der Waals surface area contributed by atoms with Crippen LogP contribution in [-0.4, -0.2) is 66.3 Å². The van der Waals surface area contributed by atoms with Crippen LogP contribution in [0.2, 0.25) is 0 Å². The molecule has 0 saturated heterocycles. The van der Waals surface area contributed by atoms with Gasteiger partial charge < -0.3 is 24.1 Å². The van der Waals surface area contributed by atoms with Gasteiger partial charge in [0, 0.05) is 18.0 Å². The van der Waals surface area contributed by atoms with E-state index in [1.165, 1.54) is 22.7 Å². The quantitative estimate of drug-likeness (QED) is 0.201. The van der Waals surface area contributed by atoms with Gasteiger partial charge in [-0.25, -0.2) is 9.59 Å². The maximum absolute atomic E-state index is 12.9. The zero-order chi connectivity index (χ0) is 30.9. The van der Waals surface area contributed by atoms with Crippen LogP contribution < -0.4 is 10.1 Å². The Bertz CT molecular complexity index is 1560. The van der Waals surface area contributed by atoms with Crippen LogP contribution in [0.3, 0.4) is 0 Å². The molecular formula is C30H37N3O7S3. The largest absolute Gasteiger partial charge is 0.462 e. The van der Waals surface area contributed by atoms with Crippen LogP contribution in [0.1, 0.15) is 65.3 Å². The number of carbonyl (C=O) groups is 4. The second-order valence-electron chi connectivity index (χ2n) is 9.96. The molecule has 10 nitrogen and oxygen atoms in total. The van der Waals surface area contributed by atoms with Crippen molar-refractivity contribution in [3.05, 3.63) is 44.6 Å². The van der Waals surface area contributed by atoms with Crippen molar-refractivity contribution < 1.29 is 33.4 Å². The highest BCUT2D eigenvalue weighted by Gasteiger charge is 2.29. The fourth-order valence-corrected chi connectivity index (χ4v) is 7.93. The second-order valence-corrected chi connectivity index (χ2v) is 13.1. The Hall–Kier alpha value is -3.00.